The van der Waals surface area contributed by atoms with E-state index in [9.17, 15) is 0 Å². The van der Waals surface area contributed by atoms with E-state index in [2.05, 4.69) is 83.9 Å². The molecule has 26 heavy (non-hydrogen) atoms. The minimum atomic E-state index is 0. The molecule has 2 radical (unpaired) electrons. The smallest absolute Gasteiger partial charge is 0.0253 e. The van der Waals surface area contributed by atoms with Gasteiger partial charge in [-0.05, 0) is 6.42 Å². The number of hydrogen-bond acceptors (Lipinski definition) is 0. The first kappa shape index (κ1) is 24.9. The second kappa shape index (κ2) is 11.5. The second-order valence-electron chi connectivity index (χ2n) is 6.20. The number of rotatable bonds is 0. The molecule has 2 aliphatic rings. The summed E-state index contributed by atoms with van der Waals surface area (Å²) in [6.07, 6.45) is 4.41. The average Bonchev–Trinajstić information content (AvgIpc) is 3.10. The molecule has 1 unspecified atom stereocenters. The van der Waals surface area contributed by atoms with Gasteiger partial charge in [0, 0.05) is 0 Å². The Kier molecular flexibility index (Phi) is 11.0. The summed E-state index contributed by atoms with van der Waals surface area (Å²) in [6, 6.07) is 18.1. The van der Waals surface area contributed by atoms with Gasteiger partial charge in [-0.3, -0.25) is 6.08 Å². The van der Waals surface area contributed by atoms with Crippen LogP contribution in [0.1, 0.15) is 38.8 Å². The first-order valence-electron chi connectivity index (χ1n) is 8.18. The van der Waals surface area contributed by atoms with Crippen LogP contribution < -0.4 is 0 Å². The van der Waals surface area contributed by atoms with E-state index in [0.29, 0.717) is 5.92 Å². The summed E-state index contributed by atoms with van der Waals surface area (Å²) < 4.78 is 0. The van der Waals surface area contributed by atoms with Crippen molar-refractivity contribution in [3.63, 3.8) is 0 Å². The predicted molar refractivity (Wildman–Crippen MR) is 112 cm³/mol. The van der Waals surface area contributed by atoms with E-state index in [1.165, 1.54) is 39.0 Å². The molecule has 0 heterocycles. The molecule has 2 aliphatic carbocycles. The molecule has 0 aromatic heterocycles. The normalized spacial score (nSPS) is 15.7. The maximum atomic E-state index is 3.36. The molecule has 0 amide bonds. The third kappa shape index (κ3) is 5.42. The summed E-state index contributed by atoms with van der Waals surface area (Å²) >= 11 is 1.81. The van der Waals surface area contributed by atoms with Gasteiger partial charge in [-0.25, -0.2) is 5.57 Å². The van der Waals surface area contributed by atoms with Crippen LogP contribution in [0.15, 0.2) is 59.2 Å². The van der Waals surface area contributed by atoms with Crippen LogP contribution in [0.25, 0.3) is 11.1 Å². The fraction of sp³-hybridized carbons (Fsp3) is 0.250. The topological polar surface area (TPSA) is 0 Å². The van der Waals surface area contributed by atoms with Gasteiger partial charge in [-0.15, -0.1) is 12.5 Å². The maximum absolute atomic E-state index is 3.36. The zero-order valence-electron chi connectivity index (χ0n) is 16.8. The van der Waals surface area contributed by atoms with Crippen molar-refractivity contribution in [3.8, 4) is 11.1 Å². The monoisotopic (exact) mass is 392 g/mol. The zero-order chi connectivity index (χ0) is 17.7. The largest absolute Gasteiger partial charge is 0.179 e. The van der Waals surface area contributed by atoms with Crippen LogP contribution in [0.2, 0.25) is 0 Å². The molecule has 0 fully saturated rings. The van der Waals surface area contributed by atoms with Crippen LogP contribution in [-0.4, -0.2) is 7.63 Å². The van der Waals surface area contributed by atoms with E-state index in [1.807, 2.05) is 6.07 Å². The number of hydrogen-bond donors (Lipinski definition) is 0. The van der Waals surface area contributed by atoms with Gasteiger partial charge >= 0.3 is 26.8 Å². The van der Waals surface area contributed by atoms with Gasteiger partial charge < -0.3 is 14.9 Å². The van der Waals surface area contributed by atoms with Crippen LogP contribution in [-0.2, 0) is 25.6 Å². The summed E-state index contributed by atoms with van der Waals surface area (Å²) in [5, 5.41) is 0. The van der Waals surface area contributed by atoms with E-state index >= 15 is 0 Å². The molecule has 2 aromatic rings. The molecule has 2 heteroatoms. The first-order valence-corrected chi connectivity index (χ1v) is 11.0. The van der Waals surface area contributed by atoms with E-state index in [0.717, 1.165) is 6.42 Å². The summed E-state index contributed by atoms with van der Waals surface area (Å²) in [5.41, 5.74) is 9.76. The SMILES string of the molecule is CC1=[C-]C(C)C(C)=C1C.[CH3-].[CH3-].[Si]=[Ti].[c-]1cccc2c1Cc1ccccc1-2. The molecular weight excluding hydrogens is 364 g/mol. The van der Waals surface area contributed by atoms with E-state index in [4.69, 9.17) is 0 Å². The number of allylic oxidation sites excluding steroid dienone is 4. The van der Waals surface area contributed by atoms with Gasteiger partial charge in [0.2, 0.25) is 0 Å². The van der Waals surface area contributed by atoms with Crippen LogP contribution in [0.4, 0.5) is 0 Å². The third-order valence-electron chi connectivity index (χ3n) is 4.85. The molecule has 0 nitrogen and oxygen atoms in total. The van der Waals surface area contributed by atoms with Gasteiger partial charge in [0.1, 0.15) is 0 Å². The standard InChI is InChI=1S/C13H9.C9H13.2CH3.Si.Ti/c1-3-7-12-10(5-1)9-11-6-2-4-8-13(11)12;1-6-5-7(2)9(4)8(6)3;;;;/h1-5,7-8H,9H2;6H,1-4H3;2*1H3;;/q4*-1;;. The molecule has 0 spiro atoms. The van der Waals surface area contributed by atoms with E-state index in [1.54, 1.807) is 19.2 Å². The molecular formula is C24H28SiTi-4. The first-order chi connectivity index (χ1) is 11.6. The fourth-order valence-corrected chi connectivity index (χ4v) is 3.16. The van der Waals surface area contributed by atoms with Crippen LogP contribution in [0.3, 0.4) is 0 Å². The van der Waals surface area contributed by atoms with Crippen molar-refractivity contribution in [1.29, 1.82) is 0 Å². The van der Waals surface area contributed by atoms with Gasteiger partial charge in [0.25, 0.3) is 0 Å². The van der Waals surface area contributed by atoms with Crippen molar-refractivity contribution in [2.24, 2.45) is 5.92 Å². The van der Waals surface area contributed by atoms with Crippen molar-refractivity contribution in [2.75, 3.05) is 0 Å². The molecule has 4 rings (SSSR count). The van der Waals surface area contributed by atoms with Crippen LogP contribution in [0.5, 0.6) is 0 Å². The fourth-order valence-electron chi connectivity index (χ4n) is 3.16. The van der Waals surface area contributed by atoms with Gasteiger partial charge in [-0.2, -0.15) is 41.0 Å². The Bertz CT molecular complexity index is 743. The molecule has 136 valence electrons. The summed E-state index contributed by atoms with van der Waals surface area (Å²) in [7, 11) is 2.97. The Morgan fingerprint density at radius 3 is 2.12 bits per heavy atom. The van der Waals surface area contributed by atoms with Gasteiger partial charge in [0.05, 0.1) is 0 Å². The average molecular weight is 392 g/mol. The van der Waals surface area contributed by atoms with Crippen molar-refractivity contribution >= 4 is 7.63 Å². The van der Waals surface area contributed by atoms with E-state index in [-0.39, 0.29) is 14.9 Å². The number of benzene rings is 2. The van der Waals surface area contributed by atoms with Crippen LogP contribution >= 0.6 is 0 Å². The molecule has 0 saturated carbocycles. The molecule has 0 aliphatic heterocycles. The molecule has 0 N–H and O–H groups in total. The second-order valence-corrected chi connectivity index (χ2v) is 6.20. The predicted octanol–water partition coefficient (Wildman–Crippen LogP) is 6.30. The van der Waals surface area contributed by atoms with Gasteiger partial charge in [0.15, 0.2) is 0 Å². The summed E-state index contributed by atoms with van der Waals surface area (Å²) in [5.74, 6) is 0.560. The molecule has 1 atom stereocenters. The molecule has 2 aromatic carbocycles. The third-order valence-corrected chi connectivity index (χ3v) is 4.85. The maximum Gasteiger partial charge on any atom is -0.0253 e. The van der Waals surface area contributed by atoms with Crippen LogP contribution in [0, 0.1) is 32.9 Å². The van der Waals surface area contributed by atoms with Crippen molar-refractivity contribution in [3.05, 3.63) is 97.3 Å². The Morgan fingerprint density at radius 2 is 1.58 bits per heavy atom. The quantitative estimate of drug-likeness (QED) is 0.311. The summed E-state index contributed by atoms with van der Waals surface area (Å²) in [4.78, 5) is 0. The van der Waals surface area contributed by atoms with Gasteiger partial charge in [-0.1, -0.05) is 62.1 Å². The Balaban J connectivity index is 0.000000431. The molecule has 0 bridgehead atoms. The Labute approximate surface area is 174 Å². The van der Waals surface area contributed by atoms with E-state index < -0.39 is 0 Å². The Hall–Kier alpha value is -1.15. The molecule has 0 saturated heterocycles. The zero-order valence-corrected chi connectivity index (χ0v) is 19.4. The van der Waals surface area contributed by atoms with Crippen molar-refractivity contribution < 1.29 is 19.2 Å². The number of fused-ring (bicyclic) bond motifs is 3. The van der Waals surface area contributed by atoms with Crippen molar-refractivity contribution in [2.45, 2.75) is 34.1 Å². The minimum Gasteiger partial charge on any atom is -0.179 e. The minimum absolute atomic E-state index is 0. The van der Waals surface area contributed by atoms with Crippen molar-refractivity contribution in [1.82, 2.24) is 0 Å². The summed E-state index contributed by atoms with van der Waals surface area (Å²) in [6.45, 7) is 8.67. The Morgan fingerprint density at radius 1 is 0.962 bits per heavy atom.